The average Bonchev–Trinajstić information content (AvgIpc) is 3.24. The third-order valence-electron chi connectivity index (χ3n) is 6.88. The van der Waals surface area contributed by atoms with E-state index in [1.165, 1.54) is 6.20 Å². The number of aromatic nitrogens is 3. The fraction of sp³-hybridized carbons (Fsp3) is 0.321. The highest BCUT2D eigenvalue weighted by atomic mass is 19.4. The molecule has 1 amide bonds. The normalized spacial score (nSPS) is 14.7. The Labute approximate surface area is 238 Å². The number of aryl methyl sites for hydroxylation is 1. The fourth-order valence-electron chi connectivity index (χ4n) is 4.65. The summed E-state index contributed by atoms with van der Waals surface area (Å²) in [5.74, 6) is 0.246. The van der Waals surface area contributed by atoms with Gasteiger partial charge in [0, 0.05) is 58.1 Å². The van der Waals surface area contributed by atoms with Crippen molar-refractivity contribution in [3.8, 4) is 11.5 Å². The first-order valence-corrected chi connectivity index (χ1v) is 13.2. The lowest BCUT2D eigenvalue weighted by Crippen LogP contribution is -2.49. The minimum absolute atomic E-state index is 0.114. The van der Waals surface area contributed by atoms with Crippen LogP contribution in [0.15, 0.2) is 54.7 Å². The Morgan fingerprint density at radius 1 is 1.02 bits per heavy atom. The first-order chi connectivity index (χ1) is 20.1. The number of nitrogens with zero attached hydrogens (tertiary/aromatic N) is 5. The Hall–Kier alpha value is -4.27. The summed E-state index contributed by atoms with van der Waals surface area (Å²) in [6, 6.07) is 10.4. The van der Waals surface area contributed by atoms with Crippen molar-refractivity contribution < 1.29 is 32.2 Å². The van der Waals surface area contributed by atoms with Crippen LogP contribution in [0.25, 0.3) is 11.0 Å². The van der Waals surface area contributed by atoms with E-state index >= 15 is 0 Å². The third kappa shape index (κ3) is 6.95. The lowest BCUT2D eigenvalue weighted by molar-refractivity contribution is -0.137. The van der Waals surface area contributed by atoms with E-state index in [1.807, 2.05) is 4.90 Å². The molecule has 222 valence electrons. The standard InChI is InChI=1S/C28H29F4N7O3/c1-37-24-5-3-19(15-23(24)35-27(37)34-22-14-18(28(30,31)32)2-4-21(22)29)42-20-6-7-33-25(16-20)36-26(41)17-39-10-8-38(9-11-39)12-13-40/h2-7,14-16,40H,8-13,17H2,1H3,(H,34,35)(H,33,36,41). The lowest BCUT2D eigenvalue weighted by atomic mass is 10.2. The SMILES string of the molecule is Cn1c(Nc2cc(C(F)(F)F)ccc2F)nc2cc(Oc3ccnc(NC(=O)CN4CCN(CCO)CC4)c3)ccc21. The van der Waals surface area contributed by atoms with Gasteiger partial charge in [-0.2, -0.15) is 13.2 Å². The molecule has 10 nitrogen and oxygen atoms in total. The summed E-state index contributed by atoms with van der Waals surface area (Å²) in [5.41, 5.74) is -0.232. The maximum absolute atomic E-state index is 14.3. The molecular formula is C28H29F4N7O3. The number of hydrogen-bond donors (Lipinski definition) is 3. The number of benzene rings is 2. The number of β-amino-alcohol motifs (C(OH)–C–C–N with tert-alkyl or cyclic N) is 1. The van der Waals surface area contributed by atoms with Crippen molar-refractivity contribution in [1.82, 2.24) is 24.3 Å². The van der Waals surface area contributed by atoms with Crippen LogP contribution in [0, 0.1) is 5.82 Å². The fourth-order valence-corrected chi connectivity index (χ4v) is 4.65. The zero-order valence-electron chi connectivity index (χ0n) is 22.7. The van der Waals surface area contributed by atoms with Crippen LogP contribution in [0.2, 0.25) is 0 Å². The molecule has 4 aromatic rings. The van der Waals surface area contributed by atoms with Crippen molar-refractivity contribution in [3.63, 3.8) is 0 Å². The van der Waals surface area contributed by atoms with Crippen molar-refractivity contribution in [2.24, 2.45) is 7.05 Å². The van der Waals surface area contributed by atoms with Gasteiger partial charge < -0.3 is 25.0 Å². The molecule has 0 bridgehead atoms. The molecule has 3 heterocycles. The smallest absolute Gasteiger partial charge is 0.416 e. The van der Waals surface area contributed by atoms with Gasteiger partial charge in [-0.15, -0.1) is 0 Å². The number of pyridine rings is 1. The van der Waals surface area contributed by atoms with Crippen molar-refractivity contribution in [2.75, 3.05) is 56.5 Å². The molecule has 0 radical (unpaired) electrons. The van der Waals surface area contributed by atoms with Gasteiger partial charge in [0.2, 0.25) is 11.9 Å². The molecule has 5 rings (SSSR count). The molecule has 0 unspecified atom stereocenters. The second-order valence-electron chi connectivity index (χ2n) is 9.83. The Kier molecular flexibility index (Phi) is 8.56. The van der Waals surface area contributed by atoms with E-state index in [9.17, 15) is 22.4 Å². The van der Waals surface area contributed by atoms with Crippen LogP contribution < -0.4 is 15.4 Å². The minimum Gasteiger partial charge on any atom is -0.457 e. The van der Waals surface area contributed by atoms with Gasteiger partial charge in [0.15, 0.2) is 0 Å². The summed E-state index contributed by atoms with van der Waals surface area (Å²) in [6.07, 6.45) is -3.11. The number of nitrogens with one attached hydrogen (secondary N) is 2. The monoisotopic (exact) mass is 587 g/mol. The average molecular weight is 588 g/mol. The van der Waals surface area contributed by atoms with Crippen LogP contribution in [0.3, 0.4) is 0 Å². The molecule has 3 N–H and O–H groups in total. The highest BCUT2D eigenvalue weighted by Gasteiger charge is 2.31. The van der Waals surface area contributed by atoms with Gasteiger partial charge >= 0.3 is 6.18 Å². The number of fused-ring (bicyclic) bond motifs is 1. The molecule has 1 saturated heterocycles. The van der Waals surface area contributed by atoms with Crippen LogP contribution in [0.5, 0.6) is 11.5 Å². The number of anilines is 3. The van der Waals surface area contributed by atoms with Crippen LogP contribution in [0.4, 0.5) is 35.0 Å². The van der Waals surface area contributed by atoms with Gasteiger partial charge in [0.1, 0.15) is 23.1 Å². The van der Waals surface area contributed by atoms with Gasteiger partial charge in [-0.05, 0) is 36.4 Å². The van der Waals surface area contributed by atoms with Crippen LogP contribution in [-0.2, 0) is 18.0 Å². The number of piperazine rings is 1. The number of rotatable bonds is 9. The molecule has 2 aromatic heterocycles. The highest BCUT2D eigenvalue weighted by Crippen LogP contribution is 2.33. The topological polar surface area (TPSA) is 108 Å². The number of ether oxygens (including phenoxy) is 1. The molecule has 1 aliphatic heterocycles. The van der Waals surface area contributed by atoms with E-state index in [0.717, 1.165) is 32.2 Å². The number of halogens is 4. The molecule has 1 fully saturated rings. The molecule has 0 saturated carbocycles. The number of aliphatic hydroxyl groups is 1. The Morgan fingerprint density at radius 2 is 1.76 bits per heavy atom. The van der Waals surface area contributed by atoms with E-state index in [1.54, 1.807) is 41.9 Å². The van der Waals surface area contributed by atoms with Gasteiger partial charge in [0.25, 0.3) is 0 Å². The lowest BCUT2D eigenvalue weighted by Gasteiger charge is -2.33. The summed E-state index contributed by atoms with van der Waals surface area (Å²) in [5, 5.41) is 14.5. The zero-order valence-corrected chi connectivity index (χ0v) is 22.7. The van der Waals surface area contributed by atoms with E-state index in [0.29, 0.717) is 47.0 Å². The van der Waals surface area contributed by atoms with Crippen LogP contribution in [0.1, 0.15) is 5.56 Å². The molecule has 2 aromatic carbocycles. The van der Waals surface area contributed by atoms with E-state index in [-0.39, 0.29) is 30.7 Å². The van der Waals surface area contributed by atoms with E-state index in [4.69, 9.17) is 9.84 Å². The molecule has 0 spiro atoms. The number of alkyl halides is 3. The number of carbonyl (C=O) groups is 1. The van der Waals surface area contributed by atoms with Crippen molar-refractivity contribution >= 4 is 34.4 Å². The number of amides is 1. The number of carbonyl (C=O) groups excluding carboxylic acids is 1. The second kappa shape index (κ2) is 12.3. The van der Waals surface area contributed by atoms with Crippen molar-refractivity contribution in [1.29, 1.82) is 0 Å². The maximum Gasteiger partial charge on any atom is 0.416 e. The number of imidazole rings is 1. The Balaban J connectivity index is 1.24. The zero-order chi connectivity index (χ0) is 29.9. The predicted molar refractivity (Wildman–Crippen MR) is 148 cm³/mol. The van der Waals surface area contributed by atoms with E-state index < -0.39 is 17.6 Å². The first kappa shape index (κ1) is 29.2. The number of aliphatic hydroxyl groups excluding tert-OH is 1. The largest absolute Gasteiger partial charge is 0.457 e. The first-order valence-electron chi connectivity index (χ1n) is 13.2. The molecule has 0 aliphatic carbocycles. The van der Waals surface area contributed by atoms with Crippen LogP contribution >= 0.6 is 0 Å². The Morgan fingerprint density at radius 3 is 2.50 bits per heavy atom. The highest BCUT2D eigenvalue weighted by molar-refractivity contribution is 5.91. The van der Waals surface area contributed by atoms with Crippen molar-refractivity contribution in [2.45, 2.75) is 6.18 Å². The van der Waals surface area contributed by atoms with Gasteiger partial charge in [-0.1, -0.05) is 0 Å². The Bertz CT molecular complexity index is 1570. The predicted octanol–water partition coefficient (Wildman–Crippen LogP) is 4.21. The maximum atomic E-state index is 14.3. The van der Waals surface area contributed by atoms with Gasteiger partial charge in [0.05, 0.1) is 35.4 Å². The number of hydrogen-bond acceptors (Lipinski definition) is 8. The third-order valence-corrected chi connectivity index (χ3v) is 6.88. The molecule has 14 heteroatoms. The summed E-state index contributed by atoms with van der Waals surface area (Å²) >= 11 is 0. The van der Waals surface area contributed by atoms with Crippen molar-refractivity contribution in [3.05, 3.63) is 66.1 Å². The second-order valence-corrected chi connectivity index (χ2v) is 9.83. The minimum atomic E-state index is -4.62. The van der Waals surface area contributed by atoms with Gasteiger partial charge in [-0.3, -0.25) is 14.6 Å². The quantitative estimate of drug-likeness (QED) is 0.250. The molecule has 42 heavy (non-hydrogen) atoms. The summed E-state index contributed by atoms with van der Waals surface area (Å²) in [4.78, 5) is 25.4. The molecular weight excluding hydrogens is 558 g/mol. The molecule has 1 aliphatic rings. The van der Waals surface area contributed by atoms with Crippen LogP contribution in [-0.4, -0.2) is 81.2 Å². The summed E-state index contributed by atoms with van der Waals surface area (Å²) in [6.45, 7) is 3.99. The summed E-state index contributed by atoms with van der Waals surface area (Å²) in [7, 11) is 1.65. The molecule has 0 atom stereocenters. The van der Waals surface area contributed by atoms with E-state index in [2.05, 4.69) is 25.5 Å². The van der Waals surface area contributed by atoms with Gasteiger partial charge in [-0.25, -0.2) is 14.4 Å². The summed E-state index contributed by atoms with van der Waals surface area (Å²) < 4.78 is 61.1.